The Morgan fingerprint density at radius 3 is 2.65 bits per heavy atom. The van der Waals surface area contributed by atoms with Crippen molar-refractivity contribution in [2.45, 2.75) is 13.0 Å². The third-order valence-electron chi connectivity index (χ3n) is 2.66. The van der Waals surface area contributed by atoms with Crippen LogP contribution in [-0.2, 0) is 0 Å². The third-order valence-corrected chi connectivity index (χ3v) is 3.37. The van der Waals surface area contributed by atoms with Crippen LogP contribution in [0.2, 0.25) is 5.28 Å². The molecule has 1 unspecified atom stereocenters. The lowest BCUT2D eigenvalue weighted by Crippen LogP contribution is -2.10. The summed E-state index contributed by atoms with van der Waals surface area (Å²) in [7, 11) is 0. The van der Waals surface area contributed by atoms with Crippen LogP contribution < -0.4 is 5.32 Å². The monoisotopic (exact) mass is 356 g/mol. The molecule has 20 heavy (non-hydrogen) atoms. The van der Waals surface area contributed by atoms with E-state index in [1.54, 1.807) is 0 Å². The van der Waals surface area contributed by atoms with Crippen LogP contribution in [-0.4, -0.2) is 14.9 Å². The molecule has 1 aromatic heterocycles. The quantitative estimate of drug-likeness (QED) is 0.508. The molecule has 1 atom stereocenters. The maximum absolute atomic E-state index is 10.9. The molecule has 0 saturated heterocycles. The smallest absolute Gasteiger partial charge is 0.329 e. The molecule has 1 aromatic carbocycles. The summed E-state index contributed by atoms with van der Waals surface area (Å²) in [5, 5.41) is 13.9. The number of anilines is 1. The number of hydrogen-bond donors (Lipinski definition) is 1. The third kappa shape index (κ3) is 3.43. The molecule has 0 aliphatic rings. The molecule has 0 radical (unpaired) electrons. The Balaban J connectivity index is 2.27. The van der Waals surface area contributed by atoms with Crippen molar-refractivity contribution in [1.82, 2.24) is 9.97 Å². The molecule has 0 fully saturated rings. The van der Waals surface area contributed by atoms with E-state index >= 15 is 0 Å². The summed E-state index contributed by atoms with van der Waals surface area (Å²) in [4.78, 5) is 17.9. The van der Waals surface area contributed by atoms with Crippen molar-refractivity contribution in [3.05, 3.63) is 55.9 Å². The molecule has 1 heterocycles. The zero-order valence-corrected chi connectivity index (χ0v) is 12.7. The molecule has 0 aliphatic heterocycles. The van der Waals surface area contributed by atoms with Gasteiger partial charge >= 0.3 is 5.69 Å². The van der Waals surface area contributed by atoms with Gasteiger partial charge in [-0.05, 0) is 36.2 Å². The molecule has 6 nitrogen and oxygen atoms in total. The summed E-state index contributed by atoms with van der Waals surface area (Å²) in [6.07, 6.45) is 1.09. The first-order valence-corrected chi connectivity index (χ1v) is 6.83. The zero-order chi connectivity index (χ0) is 14.7. The first-order valence-electron chi connectivity index (χ1n) is 5.66. The maximum Gasteiger partial charge on any atom is 0.329 e. The van der Waals surface area contributed by atoms with Crippen molar-refractivity contribution < 1.29 is 4.92 Å². The minimum Gasteiger partial charge on any atom is -0.358 e. The second kappa shape index (κ2) is 6.15. The van der Waals surface area contributed by atoms with Gasteiger partial charge in [-0.15, -0.1) is 0 Å². The van der Waals surface area contributed by atoms with Crippen molar-refractivity contribution in [3.8, 4) is 0 Å². The number of rotatable bonds is 4. The van der Waals surface area contributed by atoms with Gasteiger partial charge in [-0.1, -0.05) is 28.1 Å². The average Bonchev–Trinajstić information content (AvgIpc) is 2.39. The van der Waals surface area contributed by atoms with Gasteiger partial charge in [0.1, 0.15) is 6.20 Å². The van der Waals surface area contributed by atoms with Crippen LogP contribution in [0.4, 0.5) is 11.5 Å². The van der Waals surface area contributed by atoms with Gasteiger partial charge in [-0.25, -0.2) is 4.98 Å². The highest BCUT2D eigenvalue weighted by molar-refractivity contribution is 9.10. The Morgan fingerprint density at radius 1 is 1.40 bits per heavy atom. The molecule has 0 saturated carbocycles. The molecule has 0 amide bonds. The van der Waals surface area contributed by atoms with Crippen LogP contribution >= 0.6 is 27.5 Å². The zero-order valence-electron chi connectivity index (χ0n) is 10.4. The van der Waals surface area contributed by atoms with Crippen LogP contribution in [0.5, 0.6) is 0 Å². The van der Waals surface area contributed by atoms with E-state index in [4.69, 9.17) is 11.6 Å². The van der Waals surface area contributed by atoms with E-state index in [9.17, 15) is 10.1 Å². The molecular formula is C12H10BrClN4O2. The van der Waals surface area contributed by atoms with Gasteiger partial charge in [-0.3, -0.25) is 10.1 Å². The number of nitrogens with zero attached hydrogens (tertiary/aromatic N) is 3. The largest absolute Gasteiger partial charge is 0.358 e. The SMILES string of the molecule is CC(Nc1nc(Cl)ncc1[N+](=O)[O-])c1ccc(Br)cc1. The average molecular weight is 358 g/mol. The fourth-order valence-corrected chi connectivity index (χ4v) is 2.03. The minimum absolute atomic E-state index is 0.0406. The van der Waals surface area contributed by atoms with Crippen LogP contribution in [0.1, 0.15) is 18.5 Å². The fraction of sp³-hybridized carbons (Fsp3) is 0.167. The van der Waals surface area contributed by atoms with Crippen LogP contribution in [0.15, 0.2) is 34.9 Å². The topological polar surface area (TPSA) is 81.0 Å². The number of hydrogen-bond acceptors (Lipinski definition) is 5. The molecule has 2 aromatic rings. The van der Waals surface area contributed by atoms with E-state index in [0.29, 0.717) is 0 Å². The summed E-state index contributed by atoms with van der Waals surface area (Å²) in [6.45, 7) is 1.88. The van der Waals surface area contributed by atoms with Gasteiger partial charge in [0.15, 0.2) is 0 Å². The standard InChI is InChI=1S/C12H10BrClN4O2/c1-7(8-2-4-9(13)5-3-8)16-11-10(18(19)20)6-15-12(14)17-11/h2-7H,1H3,(H,15,16,17). The van der Waals surface area contributed by atoms with Crippen molar-refractivity contribution in [2.24, 2.45) is 0 Å². The molecule has 1 N–H and O–H groups in total. The molecule has 0 bridgehead atoms. The van der Waals surface area contributed by atoms with Crippen molar-refractivity contribution >= 4 is 39.0 Å². The highest BCUT2D eigenvalue weighted by Crippen LogP contribution is 2.27. The molecule has 0 spiro atoms. The lowest BCUT2D eigenvalue weighted by atomic mass is 10.1. The van der Waals surface area contributed by atoms with E-state index in [1.807, 2.05) is 31.2 Å². The molecule has 8 heteroatoms. The summed E-state index contributed by atoms with van der Waals surface area (Å²) in [6, 6.07) is 7.46. The van der Waals surface area contributed by atoms with Crippen molar-refractivity contribution in [3.63, 3.8) is 0 Å². The van der Waals surface area contributed by atoms with E-state index in [-0.39, 0.29) is 22.8 Å². The van der Waals surface area contributed by atoms with E-state index < -0.39 is 4.92 Å². The first-order chi connectivity index (χ1) is 9.47. The number of nitro groups is 1. The Labute approximate surface area is 128 Å². The summed E-state index contributed by atoms with van der Waals surface area (Å²) < 4.78 is 0.963. The maximum atomic E-state index is 10.9. The predicted octanol–water partition coefficient (Wildman–Crippen LogP) is 3.97. The van der Waals surface area contributed by atoms with Gasteiger partial charge < -0.3 is 5.32 Å². The summed E-state index contributed by atoms with van der Waals surface area (Å²) >= 11 is 9.03. The van der Waals surface area contributed by atoms with E-state index in [0.717, 1.165) is 16.2 Å². The van der Waals surface area contributed by atoms with Gasteiger partial charge in [0.25, 0.3) is 0 Å². The predicted molar refractivity (Wildman–Crippen MR) is 79.9 cm³/mol. The number of benzene rings is 1. The summed E-state index contributed by atoms with van der Waals surface area (Å²) in [5.41, 5.74) is 0.760. The van der Waals surface area contributed by atoms with Gasteiger partial charge in [0.05, 0.1) is 11.0 Å². The Hall–Kier alpha value is -1.73. The second-order valence-electron chi connectivity index (χ2n) is 4.05. The highest BCUT2D eigenvalue weighted by atomic mass is 79.9. The fourth-order valence-electron chi connectivity index (χ4n) is 1.63. The highest BCUT2D eigenvalue weighted by Gasteiger charge is 2.19. The first kappa shape index (κ1) is 14.7. The second-order valence-corrected chi connectivity index (χ2v) is 5.30. The summed E-state index contributed by atoms with van der Waals surface area (Å²) in [5.74, 6) is 0.102. The molecular weight excluding hydrogens is 348 g/mol. The Bertz CT molecular complexity index is 636. The number of aromatic nitrogens is 2. The molecule has 2 rings (SSSR count). The Morgan fingerprint density at radius 2 is 2.05 bits per heavy atom. The minimum atomic E-state index is -0.549. The van der Waals surface area contributed by atoms with Crippen molar-refractivity contribution in [2.75, 3.05) is 5.32 Å². The molecule has 0 aliphatic carbocycles. The van der Waals surface area contributed by atoms with Crippen LogP contribution in [0, 0.1) is 10.1 Å². The normalized spacial score (nSPS) is 11.9. The molecule has 104 valence electrons. The Kier molecular flexibility index (Phi) is 4.51. The number of halogens is 2. The lowest BCUT2D eigenvalue weighted by Gasteiger charge is -2.14. The van der Waals surface area contributed by atoms with E-state index in [1.165, 1.54) is 0 Å². The van der Waals surface area contributed by atoms with Gasteiger partial charge in [-0.2, -0.15) is 4.98 Å². The van der Waals surface area contributed by atoms with Crippen LogP contribution in [0.3, 0.4) is 0 Å². The van der Waals surface area contributed by atoms with Gasteiger partial charge in [0, 0.05) is 4.47 Å². The van der Waals surface area contributed by atoms with Gasteiger partial charge in [0.2, 0.25) is 11.1 Å². The number of nitrogens with one attached hydrogen (secondary N) is 1. The lowest BCUT2D eigenvalue weighted by molar-refractivity contribution is -0.384. The van der Waals surface area contributed by atoms with Crippen LogP contribution in [0.25, 0.3) is 0 Å². The van der Waals surface area contributed by atoms with E-state index in [2.05, 4.69) is 31.2 Å². The van der Waals surface area contributed by atoms with Crippen molar-refractivity contribution in [1.29, 1.82) is 0 Å².